The highest BCUT2D eigenvalue weighted by Crippen LogP contribution is 2.20. The highest BCUT2D eigenvalue weighted by molar-refractivity contribution is 7.16. The van der Waals surface area contributed by atoms with Gasteiger partial charge in [-0.25, -0.2) is 4.39 Å². The summed E-state index contributed by atoms with van der Waals surface area (Å²) in [4.78, 5) is 26.6. The fourth-order valence-electron chi connectivity index (χ4n) is 1.65. The SMILES string of the molecule is COC(=O)Cn1c(=NC(C)=O)sc2cccc(F)c21. The third-order valence-corrected chi connectivity index (χ3v) is 3.46. The standard InChI is InChI=1S/C12H11FN2O3S/c1-7(16)14-12-15(6-10(17)18-2)11-8(13)4-3-5-9(11)19-12/h3-5H,6H2,1-2H3. The summed E-state index contributed by atoms with van der Waals surface area (Å²) in [6, 6.07) is 4.56. The number of para-hydroxylation sites is 1. The number of ether oxygens (including phenoxy) is 1. The molecular weight excluding hydrogens is 271 g/mol. The van der Waals surface area contributed by atoms with Crippen LogP contribution in [0.5, 0.6) is 0 Å². The summed E-state index contributed by atoms with van der Waals surface area (Å²) in [7, 11) is 1.25. The summed E-state index contributed by atoms with van der Waals surface area (Å²) in [6.45, 7) is 1.10. The minimum atomic E-state index is -0.534. The molecule has 0 unspecified atom stereocenters. The first-order chi connectivity index (χ1) is 9.02. The van der Waals surface area contributed by atoms with Crippen LogP contribution < -0.4 is 4.80 Å². The minimum Gasteiger partial charge on any atom is -0.468 e. The maximum absolute atomic E-state index is 13.9. The van der Waals surface area contributed by atoms with Crippen LogP contribution >= 0.6 is 11.3 Å². The molecule has 1 heterocycles. The third kappa shape index (κ3) is 2.70. The molecule has 0 saturated carbocycles. The highest BCUT2D eigenvalue weighted by atomic mass is 32.1. The van der Waals surface area contributed by atoms with Gasteiger partial charge < -0.3 is 9.30 Å². The van der Waals surface area contributed by atoms with Gasteiger partial charge in [0, 0.05) is 6.92 Å². The summed E-state index contributed by atoms with van der Waals surface area (Å²) in [6.07, 6.45) is 0. The summed E-state index contributed by atoms with van der Waals surface area (Å²) in [5, 5.41) is 0. The van der Waals surface area contributed by atoms with Gasteiger partial charge in [-0.05, 0) is 12.1 Å². The summed E-state index contributed by atoms with van der Waals surface area (Å²) >= 11 is 1.15. The first-order valence-electron chi connectivity index (χ1n) is 5.43. The van der Waals surface area contributed by atoms with Gasteiger partial charge in [0.2, 0.25) is 5.91 Å². The second kappa shape index (κ2) is 5.31. The highest BCUT2D eigenvalue weighted by Gasteiger charge is 2.14. The van der Waals surface area contributed by atoms with Crippen molar-refractivity contribution in [2.45, 2.75) is 13.5 Å². The number of thiazole rings is 1. The van der Waals surface area contributed by atoms with Gasteiger partial charge in [0.15, 0.2) is 4.80 Å². The smallest absolute Gasteiger partial charge is 0.325 e. The third-order valence-electron chi connectivity index (χ3n) is 2.42. The van der Waals surface area contributed by atoms with Crippen LogP contribution in [-0.4, -0.2) is 23.6 Å². The van der Waals surface area contributed by atoms with Gasteiger partial charge in [0.25, 0.3) is 0 Å². The molecule has 2 aromatic rings. The average Bonchev–Trinajstić information content (AvgIpc) is 2.67. The summed E-state index contributed by atoms with van der Waals surface area (Å²) in [5.41, 5.74) is 0.248. The Morgan fingerprint density at radius 2 is 2.21 bits per heavy atom. The molecule has 100 valence electrons. The maximum Gasteiger partial charge on any atom is 0.325 e. The number of fused-ring (bicyclic) bond motifs is 1. The molecule has 0 bridgehead atoms. The lowest BCUT2D eigenvalue weighted by atomic mass is 10.3. The molecule has 0 aliphatic carbocycles. The molecule has 0 saturated heterocycles. The molecule has 0 N–H and O–H groups in total. The van der Waals surface area contributed by atoms with Gasteiger partial charge in [0.05, 0.1) is 17.3 Å². The van der Waals surface area contributed by atoms with Crippen LogP contribution in [0.15, 0.2) is 23.2 Å². The van der Waals surface area contributed by atoms with E-state index in [9.17, 15) is 14.0 Å². The number of hydrogen-bond donors (Lipinski definition) is 0. The van der Waals surface area contributed by atoms with Crippen molar-refractivity contribution in [3.8, 4) is 0 Å². The van der Waals surface area contributed by atoms with E-state index in [2.05, 4.69) is 9.73 Å². The van der Waals surface area contributed by atoms with Crippen molar-refractivity contribution in [1.29, 1.82) is 0 Å². The zero-order valence-electron chi connectivity index (χ0n) is 10.3. The lowest BCUT2D eigenvalue weighted by molar-refractivity contribution is -0.141. The second-order valence-electron chi connectivity index (χ2n) is 3.76. The van der Waals surface area contributed by atoms with Crippen LogP contribution in [0.3, 0.4) is 0 Å². The molecule has 0 spiro atoms. The summed E-state index contributed by atoms with van der Waals surface area (Å²) < 4.78 is 20.4. The van der Waals surface area contributed by atoms with Gasteiger partial charge in [-0.3, -0.25) is 9.59 Å². The van der Waals surface area contributed by atoms with Crippen molar-refractivity contribution in [3.63, 3.8) is 0 Å². The zero-order valence-corrected chi connectivity index (χ0v) is 11.2. The lowest BCUT2D eigenvalue weighted by Crippen LogP contribution is -2.22. The average molecular weight is 282 g/mol. The van der Waals surface area contributed by atoms with Crippen LogP contribution in [0.1, 0.15) is 6.92 Å². The number of rotatable bonds is 2. The molecule has 0 aliphatic heterocycles. The first-order valence-corrected chi connectivity index (χ1v) is 6.24. The van der Waals surface area contributed by atoms with E-state index in [0.29, 0.717) is 4.70 Å². The first kappa shape index (κ1) is 13.4. The Kier molecular flexibility index (Phi) is 3.75. The van der Waals surface area contributed by atoms with Crippen molar-refractivity contribution in [3.05, 3.63) is 28.8 Å². The summed E-state index contributed by atoms with van der Waals surface area (Å²) in [5.74, 6) is -1.42. The normalized spacial score (nSPS) is 11.8. The Labute approximate surface area is 112 Å². The Morgan fingerprint density at radius 3 is 2.84 bits per heavy atom. The minimum absolute atomic E-state index is 0.191. The van der Waals surface area contributed by atoms with Crippen molar-refractivity contribution in [1.82, 2.24) is 4.57 Å². The molecule has 1 aromatic carbocycles. The molecule has 1 amide bonds. The second-order valence-corrected chi connectivity index (χ2v) is 4.77. The molecule has 0 radical (unpaired) electrons. The van der Waals surface area contributed by atoms with E-state index in [0.717, 1.165) is 11.3 Å². The Morgan fingerprint density at radius 1 is 1.47 bits per heavy atom. The van der Waals surface area contributed by atoms with Crippen LogP contribution in [-0.2, 0) is 20.9 Å². The molecule has 5 nitrogen and oxygen atoms in total. The van der Waals surface area contributed by atoms with E-state index in [-0.39, 0.29) is 16.9 Å². The number of benzene rings is 1. The molecule has 0 aliphatic rings. The molecule has 2 rings (SSSR count). The molecule has 0 fully saturated rings. The van der Waals surface area contributed by atoms with Gasteiger partial charge in [0.1, 0.15) is 12.4 Å². The fourth-order valence-corrected chi connectivity index (χ4v) is 2.74. The molecule has 19 heavy (non-hydrogen) atoms. The molecular formula is C12H11FN2O3S. The van der Waals surface area contributed by atoms with Gasteiger partial charge in [-0.15, -0.1) is 0 Å². The number of aromatic nitrogens is 1. The van der Waals surface area contributed by atoms with E-state index in [1.807, 2.05) is 0 Å². The predicted octanol–water partition coefficient (Wildman–Crippen LogP) is 1.46. The molecule has 0 atom stereocenters. The van der Waals surface area contributed by atoms with Crippen LogP contribution in [0, 0.1) is 5.82 Å². The zero-order chi connectivity index (χ0) is 14.0. The number of carbonyl (C=O) groups is 2. The van der Waals surface area contributed by atoms with Crippen LogP contribution in [0.4, 0.5) is 4.39 Å². The largest absolute Gasteiger partial charge is 0.468 e. The van der Waals surface area contributed by atoms with E-state index in [1.165, 1.54) is 24.7 Å². The van der Waals surface area contributed by atoms with Crippen molar-refractivity contribution in [2.24, 2.45) is 4.99 Å². The number of carbonyl (C=O) groups excluding carboxylic acids is 2. The quantitative estimate of drug-likeness (QED) is 0.783. The fraction of sp³-hybridized carbons (Fsp3) is 0.250. The Balaban J connectivity index is 2.74. The number of halogens is 1. The van der Waals surface area contributed by atoms with Crippen molar-refractivity contribution in [2.75, 3.05) is 7.11 Å². The number of hydrogen-bond acceptors (Lipinski definition) is 4. The van der Waals surface area contributed by atoms with Crippen molar-refractivity contribution >= 4 is 33.4 Å². The lowest BCUT2D eigenvalue weighted by Gasteiger charge is -2.03. The maximum atomic E-state index is 13.9. The number of methoxy groups -OCH3 is 1. The predicted molar refractivity (Wildman–Crippen MR) is 68.0 cm³/mol. The number of amides is 1. The van der Waals surface area contributed by atoms with E-state index >= 15 is 0 Å². The molecule has 1 aromatic heterocycles. The Hall–Kier alpha value is -2.02. The van der Waals surface area contributed by atoms with E-state index < -0.39 is 17.7 Å². The van der Waals surface area contributed by atoms with E-state index in [4.69, 9.17) is 0 Å². The van der Waals surface area contributed by atoms with Gasteiger partial charge in [-0.2, -0.15) is 4.99 Å². The monoisotopic (exact) mass is 282 g/mol. The topological polar surface area (TPSA) is 60.7 Å². The molecule has 7 heteroatoms. The number of esters is 1. The van der Waals surface area contributed by atoms with Gasteiger partial charge >= 0.3 is 5.97 Å². The van der Waals surface area contributed by atoms with Crippen LogP contribution in [0.25, 0.3) is 10.2 Å². The van der Waals surface area contributed by atoms with E-state index in [1.54, 1.807) is 12.1 Å². The van der Waals surface area contributed by atoms with Gasteiger partial charge in [-0.1, -0.05) is 17.4 Å². The van der Waals surface area contributed by atoms with Crippen LogP contribution in [0.2, 0.25) is 0 Å². The number of nitrogens with zero attached hydrogens (tertiary/aromatic N) is 2. The Bertz CT molecular complexity index is 717. The van der Waals surface area contributed by atoms with Crippen molar-refractivity contribution < 1.29 is 18.7 Å².